The molecule has 1 atom stereocenters. The van der Waals surface area contributed by atoms with E-state index in [1.54, 1.807) is 61.7 Å². The molecule has 0 spiro atoms. The average Bonchev–Trinajstić information content (AvgIpc) is 3.24. The van der Waals surface area contributed by atoms with Crippen molar-refractivity contribution in [1.29, 1.82) is 0 Å². The van der Waals surface area contributed by atoms with Gasteiger partial charge in [-0.15, -0.1) is 0 Å². The molecule has 0 aliphatic carbocycles. The number of hydrogen-bond donors (Lipinski definition) is 0. The molecule has 41 heavy (non-hydrogen) atoms. The van der Waals surface area contributed by atoms with Gasteiger partial charge in [-0.3, -0.25) is 4.79 Å². The zero-order valence-electron chi connectivity index (χ0n) is 22.9. The van der Waals surface area contributed by atoms with Crippen LogP contribution in [0.2, 0.25) is 0 Å². The second-order valence-electron chi connectivity index (χ2n) is 9.70. The lowest BCUT2D eigenvalue weighted by atomic mass is 9.98. The molecule has 0 bridgehead atoms. The third kappa shape index (κ3) is 4.15. The van der Waals surface area contributed by atoms with E-state index in [0.717, 1.165) is 10.1 Å². The number of methoxy groups -OCH3 is 3. The first-order chi connectivity index (χ1) is 19.9. The fourth-order valence-corrected chi connectivity index (χ4v) is 5.35. The molecule has 0 saturated heterocycles. The van der Waals surface area contributed by atoms with Crippen LogP contribution < -0.4 is 31.0 Å². The van der Waals surface area contributed by atoms with Crippen molar-refractivity contribution in [2.45, 2.75) is 19.5 Å². The smallest absolute Gasteiger partial charge is 0.352 e. The average molecular weight is 554 g/mol. The van der Waals surface area contributed by atoms with Gasteiger partial charge in [-0.1, -0.05) is 29.8 Å². The van der Waals surface area contributed by atoms with Crippen LogP contribution >= 0.6 is 0 Å². The minimum absolute atomic E-state index is 0.189. The number of allylic oxidation sites excluding steroid dienone is 2. The van der Waals surface area contributed by atoms with Gasteiger partial charge in [-0.05, 0) is 43.3 Å². The van der Waals surface area contributed by atoms with Gasteiger partial charge in [-0.2, -0.15) is 0 Å². The maximum Gasteiger partial charge on any atom is 0.352 e. The summed E-state index contributed by atoms with van der Waals surface area (Å²) in [6.45, 7) is 2.10. The molecule has 1 unspecified atom stereocenters. The molecule has 208 valence electrons. The van der Waals surface area contributed by atoms with E-state index < -0.39 is 17.4 Å². The molecule has 0 saturated carbocycles. The summed E-state index contributed by atoms with van der Waals surface area (Å²) in [5, 5.41) is 0.196. The maximum atomic E-state index is 13.9. The summed E-state index contributed by atoms with van der Waals surface area (Å²) >= 11 is 0. The quantitative estimate of drug-likeness (QED) is 0.291. The highest BCUT2D eigenvalue weighted by Crippen LogP contribution is 2.42. The van der Waals surface area contributed by atoms with Crippen LogP contribution in [-0.4, -0.2) is 35.3 Å². The van der Waals surface area contributed by atoms with Gasteiger partial charge < -0.3 is 18.6 Å². The van der Waals surface area contributed by atoms with Crippen LogP contribution in [0, 0.1) is 0 Å². The lowest BCUT2D eigenvalue weighted by Crippen LogP contribution is -2.34. The van der Waals surface area contributed by atoms with Crippen molar-refractivity contribution < 1.29 is 18.6 Å². The number of ether oxygens (including phenoxy) is 3. The highest BCUT2D eigenvalue weighted by Gasteiger charge is 2.32. The van der Waals surface area contributed by atoms with Gasteiger partial charge in [0, 0.05) is 17.7 Å². The Bertz CT molecular complexity index is 2000. The SMILES string of the molecule is COc1ccc(-c2cc(=O)c3c(OC)cc(OC)c(C4C=C(C)Cn5c(=O)n(-c6ccccc6)c(=O)n54)c3o2)cc1. The molecular weight excluding hydrogens is 526 g/mol. The lowest BCUT2D eigenvalue weighted by molar-refractivity contribution is 0.376. The largest absolute Gasteiger partial charge is 0.497 e. The van der Waals surface area contributed by atoms with Gasteiger partial charge in [-0.25, -0.2) is 23.5 Å². The van der Waals surface area contributed by atoms with Gasteiger partial charge in [0.15, 0.2) is 11.0 Å². The predicted octanol–water partition coefficient (Wildman–Crippen LogP) is 4.15. The summed E-state index contributed by atoms with van der Waals surface area (Å²) in [4.78, 5) is 41.1. The molecule has 0 amide bonds. The number of aromatic nitrogens is 3. The Balaban J connectivity index is 1.68. The summed E-state index contributed by atoms with van der Waals surface area (Å²) in [6.07, 6.45) is 1.87. The molecule has 3 heterocycles. The first-order valence-electron chi connectivity index (χ1n) is 12.9. The van der Waals surface area contributed by atoms with Gasteiger partial charge in [0.05, 0.1) is 39.1 Å². The Morgan fingerprint density at radius 1 is 0.829 bits per heavy atom. The highest BCUT2D eigenvalue weighted by atomic mass is 16.5. The van der Waals surface area contributed by atoms with Crippen molar-refractivity contribution in [2.24, 2.45) is 0 Å². The van der Waals surface area contributed by atoms with Gasteiger partial charge in [0.25, 0.3) is 0 Å². The van der Waals surface area contributed by atoms with Crippen LogP contribution in [0.4, 0.5) is 0 Å². The second kappa shape index (κ2) is 10.1. The third-order valence-corrected chi connectivity index (χ3v) is 7.26. The molecular formula is C31H27N3O7. The van der Waals surface area contributed by atoms with E-state index in [2.05, 4.69) is 0 Å². The number of para-hydroxylation sites is 1. The summed E-state index contributed by atoms with van der Waals surface area (Å²) in [5.74, 6) is 1.56. The Labute approximate surface area is 233 Å². The maximum absolute atomic E-state index is 13.9. The van der Waals surface area contributed by atoms with Gasteiger partial charge in [0.1, 0.15) is 34.4 Å². The summed E-state index contributed by atoms with van der Waals surface area (Å²) < 4.78 is 27.0. The fraction of sp³-hybridized carbons (Fsp3) is 0.194. The highest BCUT2D eigenvalue weighted by molar-refractivity contribution is 5.90. The minimum atomic E-state index is -0.827. The number of nitrogens with zero attached hydrogens (tertiary/aromatic N) is 3. The zero-order valence-corrected chi connectivity index (χ0v) is 22.9. The molecule has 2 aromatic heterocycles. The molecule has 6 rings (SSSR count). The molecule has 0 fully saturated rings. The van der Waals surface area contributed by atoms with Crippen molar-refractivity contribution in [3.63, 3.8) is 0 Å². The standard InChI is InChI=1S/C31H27N3O7/c1-18-14-22(34-31(37)33(30(36)32(34)17-18)20-8-6-5-7-9-20)27-25(39-3)16-26(40-4)28-23(35)15-24(41-29(27)28)19-10-12-21(38-2)13-11-19/h5-16,22H,17H2,1-4H3. The Morgan fingerprint density at radius 3 is 2.20 bits per heavy atom. The van der Waals surface area contributed by atoms with Crippen LogP contribution in [0.5, 0.6) is 17.2 Å². The van der Waals surface area contributed by atoms with Crippen molar-refractivity contribution >= 4 is 11.0 Å². The van der Waals surface area contributed by atoms with Gasteiger partial charge >= 0.3 is 11.4 Å². The molecule has 1 aliphatic heterocycles. The molecule has 3 aromatic carbocycles. The van der Waals surface area contributed by atoms with Crippen LogP contribution in [0.3, 0.4) is 0 Å². The number of fused-ring (bicyclic) bond motifs is 2. The summed E-state index contributed by atoms with van der Waals surface area (Å²) in [5.41, 5.74) is 1.21. The lowest BCUT2D eigenvalue weighted by Gasteiger charge is -2.26. The molecule has 0 radical (unpaired) electrons. The van der Waals surface area contributed by atoms with E-state index in [4.69, 9.17) is 18.6 Å². The van der Waals surface area contributed by atoms with Crippen LogP contribution in [0.1, 0.15) is 18.5 Å². The Hall–Kier alpha value is -5.25. The molecule has 5 aromatic rings. The molecule has 10 heteroatoms. The molecule has 0 N–H and O–H groups in total. The van der Waals surface area contributed by atoms with E-state index in [1.807, 2.05) is 19.1 Å². The normalized spacial score (nSPS) is 14.4. The first-order valence-corrected chi connectivity index (χ1v) is 12.9. The van der Waals surface area contributed by atoms with Gasteiger partial charge in [0.2, 0.25) is 0 Å². The summed E-state index contributed by atoms with van der Waals surface area (Å²) in [6, 6.07) is 18.0. The van der Waals surface area contributed by atoms with E-state index in [-0.39, 0.29) is 28.7 Å². The fourth-order valence-electron chi connectivity index (χ4n) is 5.35. The van der Waals surface area contributed by atoms with Crippen molar-refractivity contribution in [1.82, 2.24) is 13.9 Å². The van der Waals surface area contributed by atoms with Crippen LogP contribution in [-0.2, 0) is 6.54 Å². The number of benzene rings is 3. The third-order valence-electron chi connectivity index (χ3n) is 7.26. The minimum Gasteiger partial charge on any atom is -0.497 e. The molecule has 10 nitrogen and oxygen atoms in total. The monoisotopic (exact) mass is 553 g/mol. The van der Waals surface area contributed by atoms with Crippen molar-refractivity contribution in [3.05, 3.63) is 115 Å². The topological polar surface area (TPSA) is 107 Å². The van der Waals surface area contributed by atoms with Crippen molar-refractivity contribution in [2.75, 3.05) is 21.3 Å². The first kappa shape index (κ1) is 26.0. The Morgan fingerprint density at radius 2 is 1.54 bits per heavy atom. The van der Waals surface area contributed by atoms with E-state index >= 15 is 0 Å². The van der Waals surface area contributed by atoms with E-state index in [0.29, 0.717) is 34.1 Å². The second-order valence-corrected chi connectivity index (χ2v) is 9.70. The summed E-state index contributed by atoms with van der Waals surface area (Å²) in [7, 11) is 4.51. The van der Waals surface area contributed by atoms with E-state index in [1.165, 1.54) is 29.6 Å². The molecule has 1 aliphatic rings. The number of rotatable bonds is 6. The van der Waals surface area contributed by atoms with Crippen molar-refractivity contribution in [3.8, 4) is 34.3 Å². The number of hydrogen-bond acceptors (Lipinski definition) is 7. The van der Waals surface area contributed by atoms with Crippen LogP contribution in [0.15, 0.2) is 97.2 Å². The van der Waals surface area contributed by atoms with Crippen LogP contribution in [0.25, 0.3) is 28.0 Å². The Kier molecular flexibility index (Phi) is 6.37. The zero-order chi connectivity index (χ0) is 28.8. The van der Waals surface area contributed by atoms with E-state index in [9.17, 15) is 14.4 Å². The predicted molar refractivity (Wildman–Crippen MR) is 154 cm³/mol.